The Balaban J connectivity index is 3.07. The smallest absolute Gasteiger partial charge is 0.243 e. The average Bonchev–Trinajstić information content (AvgIpc) is 2.40. The second kappa shape index (κ2) is 6.19. The molecule has 0 amide bonds. The van der Waals surface area contributed by atoms with Crippen LogP contribution in [0.25, 0.3) is 0 Å². The van der Waals surface area contributed by atoms with Gasteiger partial charge < -0.3 is 10.9 Å². The van der Waals surface area contributed by atoms with Crippen LogP contribution >= 0.6 is 0 Å². The number of benzene rings is 1. The summed E-state index contributed by atoms with van der Waals surface area (Å²) < 4.78 is 39.0. The third-order valence-electron chi connectivity index (χ3n) is 2.99. The van der Waals surface area contributed by atoms with Crippen LogP contribution in [0.5, 0.6) is 0 Å². The van der Waals surface area contributed by atoms with Gasteiger partial charge in [0.05, 0.1) is 4.90 Å². The zero-order chi connectivity index (χ0) is 15.5. The van der Waals surface area contributed by atoms with Crippen molar-refractivity contribution in [2.45, 2.75) is 18.7 Å². The van der Waals surface area contributed by atoms with Crippen LogP contribution in [-0.2, 0) is 10.0 Å². The van der Waals surface area contributed by atoms with Crippen molar-refractivity contribution in [2.24, 2.45) is 16.8 Å². The number of aryl methyl sites for hydroxylation is 1. The molecule has 0 saturated heterocycles. The zero-order valence-corrected chi connectivity index (χ0v) is 12.4. The van der Waals surface area contributed by atoms with Gasteiger partial charge in [0.2, 0.25) is 10.0 Å². The van der Waals surface area contributed by atoms with E-state index in [1.807, 2.05) is 0 Å². The van der Waals surface area contributed by atoms with E-state index in [0.717, 1.165) is 10.4 Å². The lowest BCUT2D eigenvalue weighted by atomic mass is 10.2. The summed E-state index contributed by atoms with van der Waals surface area (Å²) >= 11 is 0. The molecule has 6 nitrogen and oxygen atoms in total. The molecule has 0 bridgehead atoms. The van der Waals surface area contributed by atoms with Gasteiger partial charge in [-0.1, -0.05) is 18.1 Å². The van der Waals surface area contributed by atoms with Crippen molar-refractivity contribution < 1.29 is 18.0 Å². The topological polar surface area (TPSA) is 96.0 Å². The summed E-state index contributed by atoms with van der Waals surface area (Å²) in [7, 11) is -2.47. The van der Waals surface area contributed by atoms with E-state index in [1.165, 1.54) is 19.2 Å². The summed E-state index contributed by atoms with van der Waals surface area (Å²) in [6.07, 6.45) is 0. The van der Waals surface area contributed by atoms with Crippen molar-refractivity contribution in [3.8, 4) is 0 Å². The van der Waals surface area contributed by atoms with Crippen molar-refractivity contribution in [3.05, 3.63) is 29.6 Å². The lowest BCUT2D eigenvalue weighted by molar-refractivity contribution is 0.312. The fourth-order valence-corrected chi connectivity index (χ4v) is 3.19. The fourth-order valence-electron chi connectivity index (χ4n) is 1.70. The molecule has 0 spiro atoms. The number of hydrogen-bond acceptors (Lipinski definition) is 4. The van der Waals surface area contributed by atoms with Crippen LogP contribution in [0, 0.1) is 18.7 Å². The van der Waals surface area contributed by atoms with Crippen LogP contribution in [-0.4, -0.2) is 37.4 Å². The van der Waals surface area contributed by atoms with E-state index in [-0.39, 0.29) is 17.3 Å². The number of nitrogens with zero attached hydrogens (tertiary/aromatic N) is 2. The van der Waals surface area contributed by atoms with Crippen molar-refractivity contribution in [3.63, 3.8) is 0 Å². The SMILES string of the molecule is Cc1ccc(F)cc1S(=O)(=O)N(C)CC(C)C(N)=NO. The normalized spacial score (nSPS) is 14.6. The Kier molecular flexibility index (Phi) is 5.07. The lowest BCUT2D eigenvalue weighted by Gasteiger charge is -2.21. The molecular formula is C12H18FN3O3S. The van der Waals surface area contributed by atoms with Gasteiger partial charge in [-0.25, -0.2) is 17.1 Å². The van der Waals surface area contributed by atoms with Crippen LogP contribution in [0.4, 0.5) is 4.39 Å². The van der Waals surface area contributed by atoms with Gasteiger partial charge >= 0.3 is 0 Å². The second-order valence-corrected chi connectivity index (χ2v) is 6.63. The Labute approximate surface area is 117 Å². The first-order valence-corrected chi connectivity index (χ1v) is 7.34. The van der Waals surface area contributed by atoms with Crippen molar-refractivity contribution in [1.82, 2.24) is 4.31 Å². The second-order valence-electron chi connectivity index (χ2n) is 4.62. The molecule has 0 aliphatic carbocycles. The molecular weight excluding hydrogens is 285 g/mol. The van der Waals surface area contributed by atoms with E-state index in [4.69, 9.17) is 10.9 Å². The third kappa shape index (κ3) is 3.45. The highest BCUT2D eigenvalue weighted by Crippen LogP contribution is 2.20. The Bertz CT molecular complexity index is 616. The van der Waals surface area contributed by atoms with Crippen LogP contribution in [0.2, 0.25) is 0 Å². The van der Waals surface area contributed by atoms with E-state index in [9.17, 15) is 12.8 Å². The number of oxime groups is 1. The highest BCUT2D eigenvalue weighted by atomic mass is 32.2. The summed E-state index contributed by atoms with van der Waals surface area (Å²) in [5.74, 6) is -1.15. The number of sulfonamides is 1. The first-order valence-electron chi connectivity index (χ1n) is 5.90. The Morgan fingerprint density at radius 3 is 2.70 bits per heavy atom. The van der Waals surface area contributed by atoms with E-state index >= 15 is 0 Å². The predicted molar refractivity (Wildman–Crippen MR) is 73.5 cm³/mol. The standard InChI is InChI=1S/C12H18FN3O3S/c1-8-4-5-10(13)6-11(8)20(18,19)16(3)7-9(2)12(14)15-17/h4-6,9,17H,7H2,1-3H3,(H2,14,15). The van der Waals surface area contributed by atoms with Crippen molar-refractivity contribution >= 4 is 15.9 Å². The van der Waals surface area contributed by atoms with Gasteiger partial charge in [0.15, 0.2) is 0 Å². The number of rotatable bonds is 5. The molecule has 0 aromatic heterocycles. The van der Waals surface area contributed by atoms with E-state index in [2.05, 4.69) is 5.16 Å². The molecule has 0 aliphatic heterocycles. The molecule has 1 rings (SSSR count). The van der Waals surface area contributed by atoms with Crippen LogP contribution < -0.4 is 5.73 Å². The number of nitrogens with two attached hydrogens (primary N) is 1. The average molecular weight is 303 g/mol. The third-order valence-corrected chi connectivity index (χ3v) is 4.96. The molecule has 0 saturated carbocycles. The first-order chi connectivity index (χ1) is 9.20. The molecule has 0 radical (unpaired) electrons. The maximum Gasteiger partial charge on any atom is 0.243 e. The van der Waals surface area contributed by atoms with Crippen LogP contribution in [0.15, 0.2) is 28.3 Å². The summed E-state index contributed by atoms with van der Waals surface area (Å²) in [4.78, 5) is -0.0910. The fraction of sp³-hybridized carbons (Fsp3) is 0.417. The van der Waals surface area contributed by atoms with Crippen molar-refractivity contribution in [1.29, 1.82) is 0 Å². The zero-order valence-electron chi connectivity index (χ0n) is 11.5. The summed E-state index contributed by atoms with van der Waals surface area (Å²) in [5.41, 5.74) is 5.87. The Hall–Kier alpha value is -1.67. The summed E-state index contributed by atoms with van der Waals surface area (Å²) in [6.45, 7) is 3.24. The molecule has 0 fully saturated rings. The van der Waals surface area contributed by atoms with Crippen LogP contribution in [0.1, 0.15) is 12.5 Å². The van der Waals surface area contributed by atoms with Gasteiger partial charge in [0.25, 0.3) is 0 Å². The van der Waals surface area contributed by atoms with Gasteiger partial charge in [-0.2, -0.15) is 0 Å². The van der Waals surface area contributed by atoms with Gasteiger partial charge in [-0.05, 0) is 24.6 Å². The minimum absolute atomic E-state index is 0.0220. The number of amidine groups is 1. The number of halogens is 1. The van der Waals surface area contributed by atoms with Gasteiger partial charge in [-0.15, -0.1) is 0 Å². The molecule has 1 atom stereocenters. The lowest BCUT2D eigenvalue weighted by Crippen LogP contribution is -2.36. The molecule has 0 heterocycles. The van der Waals surface area contributed by atoms with Gasteiger partial charge in [-0.3, -0.25) is 0 Å². The summed E-state index contributed by atoms with van der Waals surface area (Å²) in [6, 6.07) is 3.59. The Morgan fingerprint density at radius 2 is 2.15 bits per heavy atom. The highest BCUT2D eigenvalue weighted by Gasteiger charge is 2.25. The molecule has 8 heteroatoms. The van der Waals surface area contributed by atoms with Crippen molar-refractivity contribution in [2.75, 3.05) is 13.6 Å². The largest absolute Gasteiger partial charge is 0.409 e. The minimum Gasteiger partial charge on any atom is -0.409 e. The molecule has 1 aromatic carbocycles. The van der Waals surface area contributed by atoms with Crippen LogP contribution in [0.3, 0.4) is 0 Å². The Morgan fingerprint density at radius 1 is 1.55 bits per heavy atom. The molecule has 112 valence electrons. The predicted octanol–water partition coefficient (Wildman–Crippen LogP) is 1.14. The van der Waals surface area contributed by atoms with E-state index < -0.39 is 21.8 Å². The summed E-state index contributed by atoms with van der Waals surface area (Å²) in [5, 5.41) is 11.4. The van der Waals surface area contributed by atoms with E-state index in [0.29, 0.717) is 5.56 Å². The van der Waals surface area contributed by atoms with Gasteiger partial charge in [0, 0.05) is 19.5 Å². The minimum atomic E-state index is -3.83. The maximum absolute atomic E-state index is 13.2. The molecule has 20 heavy (non-hydrogen) atoms. The van der Waals surface area contributed by atoms with Gasteiger partial charge in [0.1, 0.15) is 11.7 Å². The number of hydrogen-bond donors (Lipinski definition) is 2. The molecule has 0 aliphatic rings. The molecule has 1 aromatic rings. The highest BCUT2D eigenvalue weighted by molar-refractivity contribution is 7.89. The molecule has 1 unspecified atom stereocenters. The monoisotopic (exact) mass is 303 g/mol. The quantitative estimate of drug-likeness (QED) is 0.369. The van der Waals surface area contributed by atoms with E-state index in [1.54, 1.807) is 13.8 Å². The maximum atomic E-state index is 13.2. The molecule has 3 N–H and O–H groups in total. The first kappa shape index (κ1) is 16.4.